The molecule has 1 amide bonds. The van der Waals surface area contributed by atoms with E-state index in [1.54, 1.807) is 4.90 Å². The zero-order valence-electron chi connectivity index (χ0n) is 14.6. The summed E-state index contributed by atoms with van der Waals surface area (Å²) in [6.45, 7) is 10.8. The number of likely N-dealkylation sites (tertiary alicyclic amines) is 1. The summed E-state index contributed by atoms with van der Waals surface area (Å²) in [4.78, 5) is 25.5. The zero-order chi connectivity index (χ0) is 16.9. The Morgan fingerprint density at radius 2 is 1.73 bits per heavy atom. The first-order valence-electron chi connectivity index (χ1n) is 7.96. The number of amides is 1. The monoisotopic (exact) mass is 314 g/mol. The second-order valence-corrected chi connectivity index (χ2v) is 7.15. The van der Waals surface area contributed by atoms with Gasteiger partial charge in [0.25, 0.3) is 0 Å². The molecule has 1 aliphatic heterocycles. The minimum atomic E-state index is -0.472. The van der Waals surface area contributed by atoms with E-state index in [9.17, 15) is 9.59 Å². The molecular weight excluding hydrogens is 284 g/mol. The molecule has 1 N–H and O–H groups in total. The number of hydrogen-bond acceptors (Lipinski definition) is 5. The van der Waals surface area contributed by atoms with Crippen LogP contribution in [0.3, 0.4) is 0 Å². The number of esters is 1. The highest BCUT2D eigenvalue weighted by Crippen LogP contribution is 2.17. The molecule has 6 heteroatoms. The number of carbonyl (C=O) groups excluding carboxylic acids is 2. The Kier molecular flexibility index (Phi) is 6.66. The molecule has 1 aliphatic rings. The maximum absolute atomic E-state index is 12.0. The Bertz CT molecular complexity index is 382. The van der Waals surface area contributed by atoms with Gasteiger partial charge >= 0.3 is 12.1 Å². The van der Waals surface area contributed by atoms with E-state index in [1.165, 1.54) is 7.11 Å². The van der Waals surface area contributed by atoms with Crippen molar-refractivity contribution < 1.29 is 19.1 Å². The van der Waals surface area contributed by atoms with Crippen molar-refractivity contribution in [3.8, 4) is 0 Å². The van der Waals surface area contributed by atoms with Crippen molar-refractivity contribution in [1.29, 1.82) is 0 Å². The Labute approximate surface area is 133 Å². The molecule has 1 fully saturated rings. The molecule has 1 atom stereocenters. The molecule has 0 aromatic rings. The predicted octanol–water partition coefficient (Wildman–Crippen LogP) is 2.17. The highest BCUT2D eigenvalue weighted by molar-refractivity contribution is 5.76. The van der Waals surface area contributed by atoms with E-state index < -0.39 is 5.60 Å². The summed E-state index contributed by atoms with van der Waals surface area (Å²) in [6, 6.07) is -0.0896. The van der Waals surface area contributed by atoms with Crippen molar-refractivity contribution in [1.82, 2.24) is 10.2 Å². The highest BCUT2D eigenvalue weighted by Gasteiger charge is 2.30. The number of nitrogens with zero attached hydrogens (tertiary/aromatic N) is 1. The molecule has 0 bridgehead atoms. The van der Waals surface area contributed by atoms with Crippen molar-refractivity contribution in [2.75, 3.05) is 20.2 Å². The van der Waals surface area contributed by atoms with Gasteiger partial charge in [0.1, 0.15) is 11.6 Å². The van der Waals surface area contributed by atoms with E-state index >= 15 is 0 Å². The summed E-state index contributed by atoms with van der Waals surface area (Å²) in [7, 11) is 1.41. The topological polar surface area (TPSA) is 67.9 Å². The summed E-state index contributed by atoms with van der Waals surface area (Å²) in [5.74, 6) is -0.0686. The molecule has 0 spiro atoms. The Morgan fingerprint density at radius 1 is 1.18 bits per heavy atom. The van der Waals surface area contributed by atoms with Gasteiger partial charge < -0.3 is 19.7 Å². The molecule has 1 rings (SSSR count). The van der Waals surface area contributed by atoms with Crippen LogP contribution in [0.5, 0.6) is 0 Å². The molecular formula is C16H30N2O4. The fourth-order valence-electron chi connectivity index (χ4n) is 2.47. The molecule has 0 aromatic carbocycles. The van der Waals surface area contributed by atoms with Gasteiger partial charge in [-0.15, -0.1) is 0 Å². The van der Waals surface area contributed by atoms with Crippen LogP contribution in [-0.2, 0) is 14.3 Å². The second-order valence-electron chi connectivity index (χ2n) is 7.15. The van der Waals surface area contributed by atoms with Gasteiger partial charge in [-0.1, -0.05) is 13.8 Å². The van der Waals surface area contributed by atoms with Crippen LogP contribution < -0.4 is 5.32 Å². The quantitative estimate of drug-likeness (QED) is 0.806. The minimum absolute atomic E-state index is 0.163. The first-order chi connectivity index (χ1) is 10.1. The van der Waals surface area contributed by atoms with E-state index in [0.29, 0.717) is 13.1 Å². The lowest BCUT2D eigenvalue weighted by Gasteiger charge is -2.35. The van der Waals surface area contributed by atoms with Crippen molar-refractivity contribution in [3.63, 3.8) is 0 Å². The molecule has 0 saturated carbocycles. The van der Waals surface area contributed by atoms with Gasteiger partial charge in [0.05, 0.1) is 7.11 Å². The van der Waals surface area contributed by atoms with E-state index in [1.807, 2.05) is 34.6 Å². The lowest BCUT2D eigenvalue weighted by molar-refractivity contribution is -0.144. The Hall–Kier alpha value is -1.30. The summed E-state index contributed by atoms with van der Waals surface area (Å²) in [5.41, 5.74) is -0.472. The van der Waals surface area contributed by atoms with Crippen LogP contribution in [0.1, 0.15) is 47.5 Å². The number of methoxy groups -OCH3 is 1. The second kappa shape index (κ2) is 7.81. The fraction of sp³-hybridized carbons (Fsp3) is 0.875. The van der Waals surface area contributed by atoms with Crippen LogP contribution in [0.25, 0.3) is 0 Å². The van der Waals surface area contributed by atoms with Gasteiger partial charge in [-0.05, 0) is 39.5 Å². The summed E-state index contributed by atoms with van der Waals surface area (Å²) in [6.07, 6.45) is 1.35. The number of carbonyl (C=O) groups is 2. The molecule has 0 radical (unpaired) electrons. The summed E-state index contributed by atoms with van der Waals surface area (Å²) in [5, 5.41) is 3.36. The third kappa shape index (κ3) is 5.83. The third-order valence-electron chi connectivity index (χ3n) is 3.68. The number of nitrogens with one attached hydrogen (secondary N) is 1. The standard InChI is InChI=1S/C16H30N2O4/c1-11(2)13(14(19)21-6)17-12-7-9-18(10-8-12)15(20)22-16(3,4)5/h11-13,17H,7-10H2,1-6H3/t13-/m0/s1. The van der Waals surface area contributed by atoms with Crippen LogP contribution in [0.15, 0.2) is 0 Å². The minimum Gasteiger partial charge on any atom is -0.468 e. The van der Waals surface area contributed by atoms with Gasteiger partial charge in [-0.3, -0.25) is 4.79 Å². The lowest BCUT2D eigenvalue weighted by Crippen LogP contribution is -2.52. The molecule has 0 aromatic heterocycles. The van der Waals surface area contributed by atoms with E-state index in [0.717, 1.165) is 12.8 Å². The number of piperidine rings is 1. The van der Waals surface area contributed by atoms with Crippen molar-refractivity contribution in [2.24, 2.45) is 5.92 Å². The maximum Gasteiger partial charge on any atom is 0.410 e. The summed E-state index contributed by atoms with van der Waals surface area (Å²) < 4.78 is 10.2. The van der Waals surface area contributed by atoms with Crippen molar-refractivity contribution in [2.45, 2.75) is 65.1 Å². The average Bonchev–Trinajstić information content (AvgIpc) is 2.42. The average molecular weight is 314 g/mol. The van der Waals surface area contributed by atoms with E-state index in [4.69, 9.17) is 9.47 Å². The van der Waals surface area contributed by atoms with Gasteiger partial charge in [0.2, 0.25) is 0 Å². The van der Waals surface area contributed by atoms with Gasteiger partial charge in [0.15, 0.2) is 0 Å². The molecule has 1 saturated heterocycles. The lowest BCUT2D eigenvalue weighted by atomic mass is 9.99. The molecule has 0 aliphatic carbocycles. The molecule has 128 valence electrons. The largest absolute Gasteiger partial charge is 0.468 e. The van der Waals surface area contributed by atoms with Crippen molar-refractivity contribution in [3.05, 3.63) is 0 Å². The zero-order valence-corrected chi connectivity index (χ0v) is 14.6. The van der Waals surface area contributed by atoms with Crippen LogP contribution >= 0.6 is 0 Å². The third-order valence-corrected chi connectivity index (χ3v) is 3.68. The highest BCUT2D eigenvalue weighted by atomic mass is 16.6. The SMILES string of the molecule is COC(=O)[C@@H](NC1CCN(C(=O)OC(C)(C)C)CC1)C(C)C. The fourth-order valence-corrected chi connectivity index (χ4v) is 2.47. The number of rotatable bonds is 4. The van der Waals surface area contributed by atoms with Crippen LogP contribution in [0.4, 0.5) is 4.79 Å². The van der Waals surface area contributed by atoms with E-state index in [-0.39, 0.29) is 30.1 Å². The first kappa shape index (κ1) is 18.7. The Morgan fingerprint density at radius 3 is 2.14 bits per heavy atom. The molecule has 22 heavy (non-hydrogen) atoms. The normalized spacial score (nSPS) is 18.2. The smallest absolute Gasteiger partial charge is 0.410 e. The van der Waals surface area contributed by atoms with Crippen molar-refractivity contribution >= 4 is 12.1 Å². The molecule has 1 heterocycles. The maximum atomic E-state index is 12.0. The van der Waals surface area contributed by atoms with Crippen LogP contribution in [-0.4, -0.2) is 54.8 Å². The predicted molar refractivity (Wildman–Crippen MR) is 84.6 cm³/mol. The van der Waals surface area contributed by atoms with Gasteiger partial charge in [0, 0.05) is 19.1 Å². The molecule has 6 nitrogen and oxygen atoms in total. The number of ether oxygens (including phenoxy) is 2. The van der Waals surface area contributed by atoms with Gasteiger partial charge in [-0.25, -0.2) is 4.79 Å². The van der Waals surface area contributed by atoms with E-state index in [2.05, 4.69) is 5.32 Å². The van der Waals surface area contributed by atoms with Crippen LogP contribution in [0.2, 0.25) is 0 Å². The molecule has 0 unspecified atom stereocenters. The Balaban J connectivity index is 2.48. The summed E-state index contributed by atoms with van der Waals surface area (Å²) >= 11 is 0. The first-order valence-corrected chi connectivity index (χ1v) is 7.96. The van der Waals surface area contributed by atoms with Gasteiger partial charge in [-0.2, -0.15) is 0 Å². The number of hydrogen-bond donors (Lipinski definition) is 1. The van der Waals surface area contributed by atoms with Crippen LogP contribution in [0, 0.1) is 5.92 Å².